The molecule has 2 N–H and O–H groups in total. The Bertz CT molecular complexity index is 744. The van der Waals surface area contributed by atoms with Crippen LogP contribution in [-0.4, -0.2) is 34.8 Å². The molecule has 1 aromatic heterocycles. The first-order valence-electron chi connectivity index (χ1n) is 8.05. The maximum Gasteiger partial charge on any atom is 0.407 e. The Morgan fingerprint density at radius 1 is 1.28 bits per heavy atom. The molecule has 2 rings (SSSR count). The Morgan fingerprint density at radius 3 is 2.68 bits per heavy atom. The Morgan fingerprint density at radius 2 is 2.04 bits per heavy atom. The van der Waals surface area contributed by atoms with Crippen molar-refractivity contribution in [1.29, 1.82) is 0 Å². The topological polar surface area (TPSA) is 76.1 Å². The number of hydrogen-bond acceptors (Lipinski definition) is 5. The maximum atomic E-state index is 13.3. The summed E-state index contributed by atoms with van der Waals surface area (Å²) in [7, 11) is 0. The van der Waals surface area contributed by atoms with Crippen molar-refractivity contribution in [1.82, 2.24) is 15.3 Å². The molecule has 6 nitrogen and oxygen atoms in total. The third-order valence-electron chi connectivity index (χ3n) is 3.19. The molecule has 0 fully saturated rings. The zero-order chi connectivity index (χ0) is 18.4. The number of carbonyl (C=O) groups excluding carboxylic acids is 1. The zero-order valence-corrected chi connectivity index (χ0v) is 14.9. The van der Waals surface area contributed by atoms with Crippen molar-refractivity contribution < 1.29 is 13.9 Å². The summed E-state index contributed by atoms with van der Waals surface area (Å²) >= 11 is 0. The molecular formula is C18H23FN4O2. The first kappa shape index (κ1) is 18.6. The lowest BCUT2D eigenvalue weighted by Gasteiger charge is -2.19. The van der Waals surface area contributed by atoms with E-state index in [1.54, 1.807) is 12.3 Å². The molecule has 25 heavy (non-hydrogen) atoms. The summed E-state index contributed by atoms with van der Waals surface area (Å²) in [4.78, 5) is 20.1. The molecule has 134 valence electrons. The summed E-state index contributed by atoms with van der Waals surface area (Å²) < 4.78 is 18.5. The fourth-order valence-corrected chi connectivity index (χ4v) is 2.14. The molecule has 1 heterocycles. The number of alkyl carbamates (subject to hydrolysis) is 1. The molecule has 1 amide bonds. The molecule has 0 spiro atoms. The van der Waals surface area contributed by atoms with Crippen LogP contribution >= 0.6 is 0 Å². The molecular weight excluding hydrogens is 323 g/mol. The summed E-state index contributed by atoms with van der Waals surface area (Å²) in [6.07, 6.45) is 1.19. The van der Waals surface area contributed by atoms with Crippen molar-refractivity contribution in [2.45, 2.75) is 33.3 Å². The maximum absolute atomic E-state index is 13.3. The molecule has 0 aliphatic heterocycles. The van der Waals surface area contributed by atoms with E-state index in [1.807, 2.05) is 33.8 Å². The van der Waals surface area contributed by atoms with Crippen LogP contribution in [0.3, 0.4) is 0 Å². The second-order valence-electron chi connectivity index (χ2n) is 6.56. The van der Waals surface area contributed by atoms with Crippen molar-refractivity contribution >= 4 is 12.0 Å². The number of amides is 1. The molecule has 0 saturated heterocycles. The number of aryl methyl sites for hydroxylation is 1. The average molecular weight is 346 g/mol. The standard InChI is InChI=1S/C18H23FN4O2/c1-12-15(13-6-5-7-14(19)10-13)11-22-16(23-12)20-8-9-21-17(24)25-18(2,3)4/h5-7,10-11H,8-9H2,1-4H3,(H,21,24)(H,20,22,23). The van der Waals surface area contributed by atoms with Crippen LogP contribution in [0.5, 0.6) is 0 Å². The van der Waals surface area contributed by atoms with Crippen LogP contribution in [0.1, 0.15) is 26.5 Å². The van der Waals surface area contributed by atoms with Gasteiger partial charge in [-0.25, -0.2) is 19.2 Å². The third kappa shape index (κ3) is 6.02. The highest BCUT2D eigenvalue weighted by Gasteiger charge is 2.15. The van der Waals surface area contributed by atoms with E-state index in [9.17, 15) is 9.18 Å². The second-order valence-corrected chi connectivity index (χ2v) is 6.56. The number of nitrogens with one attached hydrogen (secondary N) is 2. The van der Waals surface area contributed by atoms with Gasteiger partial charge in [-0.1, -0.05) is 12.1 Å². The van der Waals surface area contributed by atoms with Gasteiger partial charge in [0.15, 0.2) is 0 Å². The largest absolute Gasteiger partial charge is 0.444 e. The number of halogens is 1. The predicted molar refractivity (Wildman–Crippen MR) is 94.9 cm³/mol. The third-order valence-corrected chi connectivity index (χ3v) is 3.19. The van der Waals surface area contributed by atoms with Gasteiger partial charge in [0.05, 0.1) is 5.69 Å². The van der Waals surface area contributed by atoms with E-state index in [4.69, 9.17) is 4.74 Å². The Hall–Kier alpha value is -2.70. The SMILES string of the molecule is Cc1nc(NCCNC(=O)OC(C)(C)C)ncc1-c1cccc(F)c1. The van der Waals surface area contributed by atoms with E-state index in [0.29, 0.717) is 19.0 Å². The van der Waals surface area contributed by atoms with Gasteiger partial charge in [-0.2, -0.15) is 0 Å². The summed E-state index contributed by atoms with van der Waals surface area (Å²) in [6.45, 7) is 8.10. The van der Waals surface area contributed by atoms with E-state index in [2.05, 4.69) is 20.6 Å². The van der Waals surface area contributed by atoms with E-state index in [0.717, 1.165) is 16.8 Å². The van der Waals surface area contributed by atoms with Crippen molar-refractivity contribution in [3.63, 3.8) is 0 Å². The van der Waals surface area contributed by atoms with E-state index < -0.39 is 11.7 Å². The quantitative estimate of drug-likeness (QED) is 0.810. The number of ether oxygens (including phenoxy) is 1. The van der Waals surface area contributed by atoms with Crippen molar-refractivity contribution in [3.05, 3.63) is 42.0 Å². The molecule has 1 aromatic carbocycles. The molecule has 0 atom stereocenters. The summed E-state index contributed by atoms with van der Waals surface area (Å²) in [5.74, 6) is 0.149. The zero-order valence-electron chi connectivity index (χ0n) is 14.9. The first-order chi connectivity index (χ1) is 11.7. The Kier molecular flexibility index (Phi) is 5.90. The lowest BCUT2D eigenvalue weighted by molar-refractivity contribution is 0.0530. The number of hydrogen-bond donors (Lipinski definition) is 2. The Balaban J connectivity index is 1.88. The van der Waals surface area contributed by atoms with Crippen LogP contribution in [0, 0.1) is 12.7 Å². The normalized spacial score (nSPS) is 11.1. The monoisotopic (exact) mass is 346 g/mol. The van der Waals surface area contributed by atoms with Crippen LogP contribution in [0.2, 0.25) is 0 Å². The van der Waals surface area contributed by atoms with Gasteiger partial charge in [-0.05, 0) is 45.4 Å². The van der Waals surface area contributed by atoms with Gasteiger partial charge in [0, 0.05) is 24.8 Å². The minimum absolute atomic E-state index is 0.299. The summed E-state index contributed by atoms with van der Waals surface area (Å²) in [5.41, 5.74) is 1.72. The molecule has 7 heteroatoms. The molecule has 0 aliphatic carbocycles. The van der Waals surface area contributed by atoms with Gasteiger partial charge >= 0.3 is 6.09 Å². The minimum Gasteiger partial charge on any atom is -0.444 e. The molecule has 0 aliphatic rings. The highest BCUT2D eigenvalue weighted by Crippen LogP contribution is 2.22. The van der Waals surface area contributed by atoms with Gasteiger partial charge < -0.3 is 15.4 Å². The van der Waals surface area contributed by atoms with Crippen molar-refractivity contribution in [2.24, 2.45) is 0 Å². The fraction of sp³-hybridized carbons (Fsp3) is 0.389. The Labute approximate surface area is 146 Å². The summed E-state index contributed by atoms with van der Waals surface area (Å²) in [6, 6.07) is 6.31. The molecule has 0 saturated carbocycles. The van der Waals surface area contributed by atoms with Gasteiger partial charge in [-0.15, -0.1) is 0 Å². The number of anilines is 1. The lowest BCUT2D eigenvalue weighted by atomic mass is 10.1. The highest BCUT2D eigenvalue weighted by molar-refractivity contribution is 5.67. The van der Waals surface area contributed by atoms with Gasteiger partial charge in [0.1, 0.15) is 11.4 Å². The van der Waals surface area contributed by atoms with Crippen LogP contribution in [0.15, 0.2) is 30.5 Å². The van der Waals surface area contributed by atoms with E-state index >= 15 is 0 Å². The average Bonchev–Trinajstić information content (AvgIpc) is 2.50. The lowest BCUT2D eigenvalue weighted by Crippen LogP contribution is -2.35. The minimum atomic E-state index is -0.523. The van der Waals surface area contributed by atoms with E-state index in [-0.39, 0.29) is 5.82 Å². The highest BCUT2D eigenvalue weighted by atomic mass is 19.1. The number of nitrogens with zero attached hydrogens (tertiary/aromatic N) is 2. The van der Waals surface area contributed by atoms with Crippen molar-refractivity contribution in [2.75, 3.05) is 18.4 Å². The van der Waals surface area contributed by atoms with Gasteiger partial charge in [0.25, 0.3) is 0 Å². The predicted octanol–water partition coefficient (Wildman–Crippen LogP) is 3.53. The van der Waals surface area contributed by atoms with E-state index in [1.165, 1.54) is 12.1 Å². The fourth-order valence-electron chi connectivity index (χ4n) is 2.14. The van der Waals surface area contributed by atoms with Crippen molar-refractivity contribution in [3.8, 4) is 11.1 Å². The number of rotatable bonds is 5. The number of carbonyl (C=O) groups is 1. The first-order valence-corrected chi connectivity index (χ1v) is 8.05. The smallest absolute Gasteiger partial charge is 0.407 e. The molecule has 0 radical (unpaired) electrons. The van der Waals surface area contributed by atoms with Crippen LogP contribution in [0.25, 0.3) is 11.1 Å². The van der Waals surface area contributed by atoms with Gasteiger partial charge in [0.2, 0.25) is 5.95 Å². The van der Waals surface area contributed by atoms with Crippen LogP contribution < -0.4 is 10.6 Å². The molecule has 2 aromatic rings. The number of benzene rings is 1. The summed E-state index contributed by atoms with van der Waals surface area (Å²) in [5, 5.41) is 5.67. The molecule has 0 bridgehead atoms. The number of aromatic nitrogens is 2. The van der Waals surface area contributed by atoms with Crippen LogP contribution in [0.4, 0.5) is 15.1 Å². The van der Waals surface area contributed by atoms with Gasteiger partial charge in [-0.3, -0.25) is 0 Å². The second kappa shape index (κ2) is 7.92. The molecule has 0 unspecified atom stereocenters. The van der Waals surface area contributed by atoms with Crippen LogP contribution in [-0.2, 0) is 4.74 Å².